The van der Waals surface area contributed by atoms with E-state index < -0.39 is 5.91 Å². The molecule has 2 heterocycles. The first kappa shape index (κ1) is 14.7. The minimum absolute atomic E-state index is 0.101. The maximum Gasteiger partial charge on any atom is 0.280 e. The second-order valence-electron chi connectivity index (χ2n) is 5.81. The molecule has 1 aromatic heterocycles. The molecule has 22 heavy (non-hydrogen) atoms. The zero-order valence-electron chi connectivity index (χ0n) is 12.4. The van der Waals surface area contributed by atoms with Gasteiger partial charge in [-0.15, -0.1) is 0 Å². The largest absolute Gasteiger partial charge is 0.353 e. The summed E-state index contributed by atoms with van der Waals surface area (Å²) < 4.78 is 0. The van der Waals surface area contributed by atoms with Crippen LogP contribution in [-0.2, 0) is 4.79 Å². The first-order valence-corrected chi connectivity index (χ1v) is 7.77. The summed E-state index contributed by atoms with van der Waals surface area (Å²) in [6.45, 7) is 0.104. The Balaban J connectivity index is 1.55. The lowest BCUT2D eigenvalue weighted by molar-refractivity contribution is -0.122. The molecule has 0 radical (unpaired) electrons. The van der Waals surface area contributed by atoms with Crippen molar-refractivity contribution in [2.45, 2.75) is 44.6 Å². The van der Waals surface area contributed by atoms with Crippen LogP contribution >= 0.6 is 0 Å². The first-order chi connectivity index (χ1) is 10.7. The quantitative estimate of drug-likeness (QED) is 0.855. The molecule has 6 nitrogen and oxygen atoms in total. The fraction of sp³-hybridized carbons (Fsp3) is 0.500. The highest BCUT2D eigenvalue weighted by atomic mass is 16.2. The highest BCUT2D eigenvalue weighted by Gasteiger charge is 2.36. The predicted molar refractivity (Wildman–Crippen MR) is 79.2 cm³/mol. The Kier molecular flexibility index (Phi) is 4.18. The molecular formula is C16H19N3O3. The van der Waals surface area contributed by atoms with Crippen LogP contribution < -0.4 is 5.32 Å². The van der Waals surface area contributed by atoms with E-state index in [1.165, 1.54) is 12.6 Å². The number of nitrogens with one attached hydrogen (secondary N) is 1. The second-order valence-corrected chi connectivity index (χ2v) is 5.81. The summed E-state index contributed by atoms with van der Waals surface area (Å²) >= 11 is 0. The van der Waals surface area contributed by atoms with E-state index in [2.05, 4.69) is 10.3 Å². The highest BCUT2D eigenvalue weighted by Crippen LogP contribution is 2.21. The zero-order chi connectivity index (χ0) is 15.5. The Hall–Kier alpha value is -2.24. The van der Waals surface area contributed by atoms with Gasteiger partial charge in [-0.05, 0) is 25.0 Å². The van der Waals surface area contributed by atoms with Gasteiger partial charge in [0.25, 0.3) is 11.8 Å². The van der Waals surface area contributed by atoms with Gasteiger partial charge in [-0.2, -0.15) is 0 Å². The topological polar surface area (TPSA) is 79.4 Å². The van der Waals surface area contributed by atoms with Crippen molar-refractivity contribution in [3.8, 4) is 0 Å². The highest BCUT2D eigenvalue weighted by molar-refractivity contribution is 6.20. The van der Waals surface area contributed by atoms with Gasteiger partial charge in [0.15, 0.2) is 0 Å². The average molecular weight is 301 g/mol. The predicted octanol–water partition coefficient (Wildman–Crippen LogP) is 1.52. The molecule has 6 heteroatoms. The van der Waals surface area contributed by atoms with E-state index in [-0.39, 0.29) is 36.5 Å². The third kappa shape index (κ3) is 2.86. The van der Waals surface area contributed by atoms with Crippen molar-refractivity contribution in [1.29, 1.82) is 0 Å². The van der Waals surface area contributed by atoms with Crippen LogP contribution in [-0.4, -0.2) is 40.2 Å². The molecule has 1 N–H and O–H groups in total. The number of hydrogen-bond acceptors (Lipinski definition) is 4. The van der Waals surface area contributed by atoms with Crippen LogP contribution in [0.3, 0.4) is 0 Å². The molecular weight excluding hydrogens is 282 g/mol. The number of pyridine rings is 1. The minimum Gasteiger partial charge on any atom is -0.353 e. The molecule has 0 saturated heterocycles. The molecule has 3 rings (SSSR count). The summed E-state index contributed by atoms with van der Waals surface area (Å²) in [5, 5.41) is 2.99. The van der Waals surface area contributed by atoms with Crippen molar-refractivity contribution >= 4 is 17.7 Å². The molecule has 2 aliphatic rings. The Morgan fingerprint density at radius 1 is 1.23 bits per heavy atom. The van der Waals surface area contributed by atoms with Gasteiger partial charge in [-0.1, -0.05) is 19.3 Å². The van der Waals surface area contributed by atoms with Crippen molar-refractivity contribution in [3.63, 3.8) is 0 Å². The Morgan fingerprint density at radius 2 is 2.00 bits per heavy atom. The maximum atomic E-state index is 12.1. The van der Waals surface area contributed by atoms with Crippen LogP contribution in [0.2, 0.25) is 0 Å². The zero-order valence-corrected chi connectivity index (χ0v) is 12.4. The van der Waals surface area contributed by atoms with Gasteiger partial charge in [-0.25, -0.2) is 0 Å². The molecule has 0 atom stereocenters. The lowest BCUT2D eigenvalue weighted by atomic mass is 9.95. The first-order valence-electron chi connectivity index (χ1n) is 7.77. The third-order valence-electron chi connectivity index (χ3n) is 4.26. The van der Waals surface area contributed by atoms with Crippen LogP contribution in [0.1, 0.15) is 59.4 Å². The Morgan fingerprint density at radius 3 is 2.73 bits per heavy atom. The maximum absolute atomic E-state index is 12.1. The standard InChI is InChI=1S/C16H19N3O3/c20-13(18-11-5-2-1-3-6-11)8-10-19-15(21)12-7-4-9-17-14(12)16(19)22/h4,7,9,11H,1-3,5-6,8,10H2,(H,18,20). The summed E-state index contributed by atoms with van der Waals surface area (Å²) in [5.74, 6) is -0.874. The molecule has 1 aromatic rings. The number of carbonyl (C=O) groups excluding carboxylic acids is 3. The van der Waals surface area contributed by atoms with E-state index in [0.29, 0.717) is 5.56 Å². The summed E-state index contributed by atoms with van der Waals surface area (Å²) in [6.07, 6.45) is 7.19. The smallest absolute Gasteiger partial charge is 0.280 e. The van der Waals surface area contributed by atoms with Gasteiger partial charge >= 0.3 is 0 Å². The number of hydrogen-bond donors (Lipinski definition) is 1. The Labute approximate surface area is 128 Å². The van der Waals surface area contributed by atoms with Gasteiger partial charge in [0.05, 0.1) is 5.56 Å². The summed E-state index contributed by atoms with van der Waals surface area (Å²) in [7, 11) is 0. The lowest BCUT2D eigenvalue weighted by Crippen LogP contribution is -2.39. The van der Waals surface area contributed by atoms with E-state index in [4.69, 9.17) is 0 Å². The van der Waals surface area contributed by atoms with Crippen LogP contribution in [0.5, 0.6) is 0 Å². The number of carbonyl (C=O) groups is 3. The van der Waals surface area contributed by atoms with Crippen molar-refractivity contribution in [2.24, 2.45) is 0 Å². The summed E-state index contributed by atoms with van der Waals surface area (Å²) in [4.78, 5) is 41.3. The van der Waals surface area contributed by atoms with Gasteiger partial charge in [0.2, 0.25) is 5.91 Å². The van der Waals surface area contributed by atoms with Crippen LogP contribution in [0.4, 0.5) is 0 Å². The molecule has 0 unspecified atom stereocenters. The van der Waals surface area contributed by atoms with E-state index in [1.54, 1.807) is 12.1 Å². The van der Waals surface area contributed by atoms with E-state index in [1.807, 2.05) is 0 Å². The van der Waals surface area contributed by atoms with E-state index in [9.17, 15) is 14.4 Å². The minimum atomic E-state index is -0.411. The molecule has 1 aliphatic carbocycles. The van der Waals surface area contributed by atoms with E-state index >= 15 is 0 Å². The lowest BCUT2D eigenvalue weighted by Gasteiger charge is -2.23. The van der Waals surface area contributed by atoms with Gasteiger partial charge in [-0.3, -0.25) is 24.3 Å². The SMILES string of the molecule is O=C(CCN1C(=O)c2cccnc2C1=O)NC1CCCCC1. The number of imide groups is 1. The molecule has 0 aromatic carbocycles. The van der Waals surface area contributed by atoms with Crippen molar-refractivity contribution in [1.82, 2.24) is 15.2 Å². The normalized spacial score (nSPS) is 18.5. The fourth-order valence-electron chi connectivity index (χ4n) is 3.08. The number of rotatable bonds is 4. The fourth-order valence-corrected chi connectivity index (χ4v) is 3.08. The monoisotopic (exact) mass is 301 g/mol. The molecule has 0 bridgehead atoms. The third-order valence-corrected chi connectivity index (χ3v) is 4.26. The number of fused-ring (bicyclic) bond motifs is 1. The average Bonchev–Trinajstić information content (AvgIpc) is 2.78. The summed E-state index contributed by atoms with van der Waals surface area (Å²) in [6, 6.07) is 3.46. The molecule has 3 amide bonds. The van der Waals surface area contributed by atoms with Crippen molar-refractivity contribution in [2.75, 3.05) is 6.54 Å². The second kappa shape index (κ2) is 6.25. The number of nitrogens with zero attached hydrogens (tertiary/aromatic N) is 2. The molecule has 1 fully saturated rings. The van der Waals surface area contributed by atoms with E-state index in [0.717, 1.165) is 30.6 Å². The number of amides is 3. The van der Waals surface area contributed by atoms with Crippen LogP contribution in [0, 0.1) is 0 Å². The van der Waals surface area contributed by atoms with Gasteiger partial charge in [0, 0.05) is 25.2 Å². The molecule has 1 aliphatic heterocycles. The number of aromatic nitrogens is 1. The molecule has 0 spiro atoms. The van der Waals surface area contributed by atoms with Gasteiger partial charge < -0.3 is 5.32 Å². The molecule has 1 saturated carbocycles. The molecule has 116 valence electrons. The summed E-state index contributed by atoms with van der Waals surface area (Å²) in [5.41, 5.74) is 0.500. The van der Waals surface area contributed by atoms with Crippen molar-refractivity contribution < 1.29 is 14.4 Å². The Bertz CT molecular complexity index is 573. The van der Waals surface area contributed by atoms with Crippen LogP contribution in [0.15, 0.2) is 18.3 Å². The van der Waals surface area contributed by atoms with Gasteiger partial charge in [0.1, 0.15) is 5.69 Å². The van der Waals surface area contributed by atoms with Crippen LogP contribution in [0.25, 0.3) is 0 Å². The van der Waals surface area contributed by atoms with Crippen molar-refractivity contribution in [3.05, 3.63) is 29.6 Å².